The minimum Gasteiger partial charge on any atom is -0.370 e. The molecule has 0 radical (unpaired) electrons. The summed E-state index contributed by atoms with van der Waals surface area (Å²) in [5.41, 5.74) is 0. The molecule has 0 aromatic rings. The predicted octanol–water partition coefficient (Wildman–Crippen LogP) is 3.22. The van der Waals surface area contributed by atoms with E-state index in [9.17, 15) is 0 Å². The van der Waals surface area contributed by atoms with Gasteiger partial charge in [0.05, 0.1) is 12.2 Å². The lowest BCUT2D eigenvalue weighted by Gasteiger charge is -1.94. The molecule has 1 saturated heterocycles. The maximum atomic E-state index is 5.56. The van der Waals surface area contributed by atoms with Gasteiger partial charge < -0.3 is 4.74 Å². The van der Waals surface area contributed by atoms with Crippen molar-refractivity contribution in [2.24, 2.45) is 0 Å². The summed E-state index contributed by atoms with van der Waals surface area (Å²) in [6.45, 7) is 0. The van der Waals surface area contributed by atoms with Gasteiger partial charge in [-0.3, -0.25) is 0 Å². The number of hydrogen-bond donors (Lipinski definition) is 0. The molecule has 1 fully saturated rings. The Morgan fingerprint density at radius 2 is 1.15 bits per heavy atom. The van der Waals surface area contributed by atoms with Gasteiger partial charge in [0, 0.05) is 0 Å². The molecule has 0 spiro atoms. The zero-order valence-corrected chi connectivity index (χ0v) is 8.11. The number of fused-ring (bicyclic) bond motifs is 1. The fourth-order valence-electron chi connectivity index (χ4n) is 1.87. The van der Waals surface area contributed by atoms with Crippen molar-refractivity contribution in [3.63, 3.8) is 0 Å². The molecule has 0 N–H and O–H groups in total. The first-order chi connectivity index (χ1) is 6.47. The average Bonchev–Trinajstić information content (AvgIpc) is 2.83. The first-order valence-electron chi connectivity index (χ1n) is 5.42. The maximum Gasteiger partial charge on any atom is 0.0845 e. The number of rotatable bonds is 0. The van der Waals surface area contributed by atoms with Crippen molar-refractivity contribution in [2.75, 3.05) is 0 Å². The van der Waals surface area contributed by atoms with Gasteiger partial charge in [-0.1, -0.05) is 24.3 Å². The van der Waals surface area contributed by atoms with Crippen molar-refractivity contribution in [3.8, 4) is 0 Å². The largest absolute Gasteiger partial charge is 0.370 e. The first-order valence-corrected chi connectivity index (χ1v) is 5.42. The van der Waals surface area contributed by atoms with Gasteiger partial charge in [0.1, 0.15) is 0 Å². The first kappa shape index (κ1) is 9.01. The molecule has 0 aromatic heterocycles. The highest BCUT2D eigenvalue weighted by molar-refractivity contribution is 4.94. The summed E-state index contributed by atoms with van der Waals surface area (Å²) in [5.74, 6) is 0. The smallest absolute Gasteiger partial charge is 0.0845 e. The van der Waals surface area contributed by atoms with E-state index in [0.29, 0.717) is 12.2 Å². The van der Waals surface area contributed by atoms with Gasteiger partial charge in [0.25, 0.3) is 0 Å². The SMILES string of the molecule is C1=CCC[C@H]2O[C@H]2CC/C=C/CC1. The van der Waals surface area contributed by atoms with Crippen molar-refractivity contribution in [1.29, 1.82) is 0 Å². The number of allylic oxidation sites excluding steroid dienone is 4. The third-order valence-corrected chi connectivity index (χ3v) is 2.76. The molecule has 13 heavy (non-hydrogen) atoms. The lowest BCUT2D eigenvalue weighted by Crippen LogP contribution is -1.93. The molecule has 0 amide bonds. The monoisotopic (exact) mass is 178 g/mol. The Morgan fingerprint density at radius 3 is 1.69 bits per heavy atom. The van der Waals surface area contributed by atoms with Crippen LogP contribution < -0.4 is 0 Å². The molecule has 2 aliphatic rings. The fraction of sp³-hybridized carbons (Fsp3) is 0.667. The van der Waals surface area contributed by atoms with Crippen LogP contribution in [-0.2, 0) is 4.74 Å². The zero-order valence-electron chi connectivity index (χ0n) is 8.11. The quantitative estimate of drug-likeness (QED) is 0.410. The van der Waals surface area contributed by atoms with Crippen LogP contribution in [0.2, 0.25) is 0 Å². The van der Waals surface area contributed by atoms with Gasteiger partial charge >= 0.3 is 0 Å². The van der Waals surface area contributed by atoms with Gasteiger partial charge in [0.15, 0.2) is 0 Å². The second kappa shape index (κ2) is 4.61. The predicted molar refractivity (Wildman–Crippen MR) is 54.6 cm³/mol. The van der Waals surface area contributed by atoms with Crippen LogP contribution >= 0.6 is 0 Å². The molecule has 0 unspecified atom stereocenters. The maximum absolute atomic E-state index is 5.56. The lowest BCUT2D eigenvalue weighted by atomic mass is 10.1. The van der Waals surface area contributed by atoms with Crippen LogP contribution in [0.3, 0.4) is 0 Å². The molecule has 1 nitrogen and oxygen atoms in total. The minimum atomic E-state index is 0.581. The van der Waals surface area contributed by atoms with Gasteiger partial charge in [-0.15, -0.1) is 0 Å². The summed E-state index contributed by atoms with van der Waals surface area (Å²) < 4.78 is 5.56. The van der Waals surface area contributed by atoms with Crippen LogP contribution in [0, 0.1) is 0 Å². The molecule has 1 aliphatic carbocycles. The highest BCUT2D eigenvalue weighted by atomic mass is 16.6. The third kappa shape index (κ3) is 3.00. The summed E-state index contributed by atoms with van der Waals surface area (Å²) in [5, 5.41) is 0. The van der Waals surface area contributed by atoms with E-state index in [1.807, 2.05) is 0 Å². The summed E-state index contributed by atoms with van der Waals surface area (Å²) in [6.07, 6.45) is 17.6. The second-order valence-electron chi connectivity index (χ2n) is 3.89. The Labute approximate surface area is 80.5 Å². The molecule has 0 saturated carbocycles. The van der Waals surface area contributed by atoms with Crippen LogP contribution in [0.5, 0.6) is 0 Å². The van der Waals surface area contributed by atoms with Gasteiger partial charge in [0.2, 0.25) is 0 Å². The zero-order chi connectivity index (χ0) is 8.93. The topological polar surface area (TPSA) is 12.5 Å². The summed E-state index contributed by atoms with van der Waals surface area (Å²) in [4.78, 5) is 0. The van der Waals surface area contributed by atoms with Crippen molar-refractivity contribution in [3.05, 3.63) is 24.3 Å². The second-order valence-corrected chi connectivity index (χ2v) is 3.89. The molecule has 1 aliphatic heterocycles. The molecule has 2 atom stereocenters. The highest BCUT2D eigenvalue weighted by Crippen LogP contribution is 2.30. The Bertz CT molecular complexity index is 183. The third-order valence-electron chi connectivity index (χ3n) is 2.76. The van der Waals surface area contributed by atoms with E-state index in [2.05, 4.69) is 24.3 Å². The van der Waals surface area contributed by atoms with E-state index in [-0.39, 0.29) is 0 Å². The molecular formula is C12H18O. The Balaban J connectivity index is 1.80. The normalized spacial score (nSPS) is 36.9. The van der Waals surface area contributed by atoms with E-state index in [4.69, 9.17) is 4.74 Å². The molecule has 1 heteroatoms. The van der Waals surface area contributed by atoms with Gasteiger partial charge in [-0.2, -0.15) is 0 Å². The molecule has 0 aromatic carbocycles. The Kier molecular flexibility index (Phi) is 3.20. The van der Waals surface area contributed by atoms with E-state index in [0.717, 1.165) is 0 Å². The van der Waals surface area contributed by atoms with Crippen LogP contribution in [0.1, 0.15) is 38.5 Å². The fourth-order valence-corrected chi connectivity index (χ4v) is 1.87. The summed E-state index contributed by atoms with van der Waals surface area (Å²) in [7, 11) is 0. The molecule has 2 rings (SSSR count). The van der Waals surface area contributed by atoms with E-state index in [1.54, 1.807) is 0 Å². The van der Waals surface area contributed by atoms with E-state index >= 15 is 0 Å². The molecule has 1 heterocycles. The van der Waals surface area contributed by atoms with Crippen molar-refractivity contribution in [1.82, 2.24) is 0 Å². The highest BCUT2D eigenvalue weighted by Gasteiger charge is 2.36. The Morgan fingerprint density at radius 1 is 0.692 bits per heavy atom. The van der Waals surface area contributed by atoms with E-state index in [1.165, 1.54) is 38.5 Å². The van der Waals surface area contributed by atoms with Gasteiger partial charge in [-0.25, -0.2) is 0 Å². The Hall–Kier alpha value is -0.560. The number of hydrogen-bond acceptors (Lipinski definition) is 1. The lowest BCUT2D eigenvalue weighted by molar-refractivity contribution is 0.357. The van der Waals surface area contributed by atoms with Crippen LogP contribution in [0.15, 0.2) is 24.3 Å². The van der Waals surface area contributed by atoms with E-state index < -0.39 is 0 Å². The van der Waals surface area contributed by atoms with Crippen molar-refractivity contribution < 1.29 is 4.74 Å². The average molecular weight is 178 g/mol. The molecule has 0 bridgehead atoms. The van der Waals surface area contributed by atoms with Crippen molar-refractivity contribution in [2.45, 2.75) is 50.7 Å². The van der Waals surface area contributed by atoms with Crippen molar-refractivity contribution >= 4 is 0 Å². The number of epoxide rings is 1. The standard InChI is InChI=1S/C12H18O/c1-2-4-6-8-10-12-11(13-12)9-7-5-3-1/h3-6,11-12H,1-2,7-10H2/b5-3+,6-4?/t11-,12+/m0/s1. The summed E-state index contributed by atoms with van der Waals surface area (Å²) in [6, 6.07) is 0. The van der Waals surface area contributed by atoms with Crippen LogP contribution in [0.4, 0.5) is 0 Å². The minimum absolute atomic E-state index is 0.581. The van der Waals surface area contributed by atoms with Crippen LogP contribution in [-0.4, -0.2) is 12.2 Å². The van der Waals surface area contributed by atoms with Gasteiger partial charge in [-0.05, 0) is 38.5 Å². The molecule has 72 valence electrons. The molecular weight excluding hydrogens is 160 g/mol. The number of ether oxygens (including phenoxy) is 1. The van der Waals surface area contributed by atoms with Crippen LogP contribution in [0.25, 0.3) is 0 Å². The summed E-state index contributed by atoms with van der Waals surface area (Å²) >= 11 is 0.